The molecule has 0 aromatic carbocycles. The molecule has 6 atom stereocenters. The smallest absolute Gasteiger partial charge is 0.462 e. The molecular formula is C83H162O17P2. The Kier molecular flexibility index (Phi) is 73.1. The monoisotopic (exact) mass is 1490 g/mol. The van der Waals surface area contributed by atoms with Crippen LogP contribution in [0.3, 0.4) is 0 Å². The van der Waals surface area contributed by atoms with Crippen molar-refractivity contribution in [3.63, 3.8) is 0 Å². The van der Waals surface area contributed by atoms with Gasteiger partial charge >= 0.3 is 39.5 Å². The molecule has 0 aliphatic carbocycles. The van der Waals surface area contributed by atoms with Gasteiger partial charge in [0.1, 0.15) is 19.3 Å². The molecule has 0 saturated heterocycles. The molecule has 3 N–H and O–H groups in total. The number of carbonyl (C=O) groups is 4. The van der Waals surface area contributed by atoms with E-state index in [0.717, 1.165) is 102 Å². The first-order valence-electron chi connectivity index (χ1n) is 43.0. The van der Waals surface area contributed by atoms with E-state index in [0.29, 0.717) is 25.7 Å². The Morgan fingerprint density at radius 2 is 0.500 bits per heavy atom. The third-order valence-electron chi connectivity index (χ3n) is 19.8. The lowest BCUT2D eigenvalue weighted by Gasteiger charge is -2.21. The minimum atomic E-state index is -4.96. The van der Waals surface area contributed by atoms with E-state index in [9.17, 15) is 43.2 Å². The van der Waals surface area contributed by atoms with Crippen LogP contribution in [0.5, 0.6) is 0 Å². The van der Waals surface area contributed by atoms with Crippen LogP contribution >= 0.6 is 15.6 Å². The lowest BCUT2D eigenvalue weighted by atomic mass is 9.99. The molecule has 0 amide bonds. The van der Waals surface area contributed by atoms with Gasteiger partial charge in [0.05, 0.1) is 26.4 Å². The lowest BCUT2D eigenvalue weighted by Crippen LogP contribution is -2.30. The first-order chi connectivity index (χ1) is 49.4. The molecular weight excluding hydrogens is 1330 g/mol. The Hall–Kier alpha value is -1.94. The van der Waals surface area contributed by atoms with E-state index in [1.54, 1.807) is 0 Å². The van der Waals surface area contributed by atoms with Crippen LogP contribution in [-0.2, 0) is 65.4 Å². The van der Waals surface area contributed by atoms with Crippen molar-refractivity contribution in [2.75, 3.05) is 39.6 Å². The Morgan fingerprint density at radius 3 is 0.745 bits per heavy atom. The number of aliphatic hydroxyl groups excluding tert-OH is 1. The number of phosphoric acid groups is 2. The lowest BCUT2D eigenvalue weighted by molar-refractivity contribution is -0.161. The SMILES string of the molecule is CCCCCCCCCCCCCCCCCC(=O)O[C@H](COC(=O)CCCCCCCCCCCC)COP(=O)(O)OC[C@H](O)COP(=O)(O)OC[C@@H](COC(=O)CCCCCCCCCCCCCCCCC(C)CC)OC(=O)CCCCCCCCCCCCCCCCCCC(C)C. The van der Waals surface area contributed by atoms with Crippen LogP contribution in [0.4, 0.5) is 0 Å². The van der Waals surface area contributed by atoms with Gasteiger partial charge in [-0.1, -0.05) is 388 Å². The molecule has 0 aromatic heterocycles. The highest BCUT2D eigenvalue weighted by Gasteiger charge is 2.30. The normalized spacial score (nSPS) is 14.1. The van der Waals surface area contributed by atoms with E-state index in [1.807, 2.05) is 0 Å². The summed E-state index contributed by atoms with van der Waals surface area (Å²) in [5, 5.41) is 10.7. The topological polar surface area (TPSA) is 237 Å². The van der Waals surface area contributed by atoms with E-state index in [2.05, 4.69) is 41.5 Å². The van der Waals surface area contributed by atoms with Crippen molar-refractivity contribution >= 4 is 39.5 Å². The summed E-state index contributed by atoms with van der Waals surface area (Å²) < 4.78 is 68.8. The number of carbonyl (C=O) groups excluding carboxylic acids is 4. The zero-order valence-electron chi connectivity index (χ0n) is 66.9. The molecule has 0 saturated carbocycles. The van der Waals surface area contributed by atoms with Gasteiger partial charge in [-0.25, -0.2) is 9.13 Å². The second kappa shape index (κ2) is 74.5. The van der Waals surface area contributed by atoms with Crippen molar-refractivity contribution in [2.45, 2.75) is 458 Å². The van der Waals surface area contributed by atoms with Crippen LogP contribution in [0.15, 0.2) is 0 Å². The van der Waals surface area contributed by atoms with Crippen molar-refractivity contribution in [2.24, 2.45) is 11.8 Å². The molecule has 0 rings (SSSR count). The molecule has 0 aromatic rings. The highest BCUT2D eigenvalue weighted by atomic mass is 31.2. The van der Waals surface area contributed by atoms with Gasteiger partial charge in [-0.3, -0.25) is 37.3 Å². The third-order valence-corrected chi connectivity index (χ3v) is 21.7. The van der Waals surface area contributed by atoms with Crippen molar-refractivity contribution < 1.29 is 80.2 Å². The number of hydrogen-bond donors (Lipinski definition) is 3. The quantitative estimate of drug-likeness (QED) is 0.0222. The molecule has 0 heterocycles. The van der Waals surface area contributed by atoms with Gasteiger partial charge in [0.2, 0.25) is 0 Å². The number of hydrogen-bond acceptors (Lipinski definition) is 15. The molecule has 0 fully saturated rings. The fraction of sp³-hybridized carbons (Fsp3) is 0.952. The molecule has 19 heteroatoms. The maximum Gasteiger partial charge on any atom is 0.472 e. The summed E-state index contributed by atoms with van der Waals surface area (Å²) in [5.74, 6) is -0.445. The number of phosphoric ester groups is 2. The zero-order chi connectivity index (χ0) is 74.9. The summed E-state index contributed by atoms with van der Waals surface area (Å²) in [4.78, 5) is 73.1. The maximum atomic E-state index is 13.1. The summed E-state index contributed by atoms with van der Waals surface area (Å²) in [6, 6.07) is 0. The molecule has 3 unspecified atom stereocenters. The molecule has 0 aliphatic heterocycles. The minimum Gasteiger partial charge on any atom is -0.462 e. The summed E-state index contributed by atoms with van der Waals surface area (Å²) in [6.45, 7) is 9.73. The van der Waals surface area contributed by atoms with E-state index >= 15 is 0 Å². The summed E-state index contributed by atoms with van der Waals surface area (Å²) in [7, 11) is -9.92. The third kappa shape index (κ3) is 74.9. The number of aliphatic hydroxyl groups is 1. The summed E-state index contributed by atoms with van der Waals surface area (Å²) in [5.41, 5.74) is 0. The van der Waals surface area contributed by atoms with Crippen molar-refractivity contribution in [3.8, 4) is 0 Å². The maximum absolute atomic E-state index is 13.1. The van der Waals surface area contributed by atoms with Gasteiger partial charge in [-0.05, 0) is 37.5 Å². The Labute approximate surface area is 626 Å². The van der Waals surface area contributed by atoms with Gasteiger partial charge in [0.15, 0.2) is 12.2 Å². The molecule has 102 heavy (non-hydrogen) atoms. The molecule has 0 aliphatic rings. The van der Waals surface area contributed by atoms with Crippen molar-refractivity contribution in [3.05, 3.63) is 0 Å². The van der Waals surface area contributed by atoms with Gasteiger partial charge in [-0.2, -0.15) is 0 Å². The molecule has 606 valence electrons. The highest BCUT2D eigenvalue weighted by Crippen LogP contribution is 2.45. The zero-order valence-corrected chi connectivity index (χ0v) is 68.7. The van der Waals surface area contributed by atoms with Crippen LogP contribution in [0.2, 0.25) is 0 Å². The minimum absolute atomic E-state index is 0.108. The van der Waals surface area contributed by atoms with Gasteiger partial charge in [0.25, 0.3) is 0 Å². The second-order valence-electron chi connectivity index (χ2n) is 30.6. The predicted molar refractivity (Wildman–Crippen MR) is 418 cm³/mol. The van der Waals surface area contributed by atoms with Crippen LogP contribution in [-0.4, -0.2) is 96.7 Å². The number of rotatable bonds is 82. The van der Waals surface area contributed by atoms with E-state index in [4.69, 9.17) is 37.0 Å². The average molecular weight is 1490 g/mol. The number of ether oxygens (including phenoxy) is 4. The fourth-order valence-corrected chi connectivity index (χ4v) is 14.4. The van der Waals surface area contributed by atoms with Crippen LogP contribution in [0.25, 0.3) is 0 Å². The summed E-state index contributed by atoms with van der Waals surface area (Å²) in [6.07, 6.45) is 65.0. The molecule has 17 nitrogen and oxygen atoms in total. The Bertz CT molecular complexity index is 1960. The summed E-state index contributed by atoms with van der Waals surface area (Å²) >= 11 is 0. The van der Waals surface area contributed by atoms with Crippen molar-refractivity contribution in [1.82, 2.24) is 0 Å². The first kappa shape index (κ1) is 100. The number of esters is 4. The van der Waals surface area contributed by atoms with Crippen molar-refractivity contribution in [1.29, 1.82) is 0 Å². The van der Waals surface area contributed by atoms with Crippen LogP contribution in [0.1, 0.15) is 440 Å². The largest absolute Gasteiger partial charge is 0.472 e. The Morgan fingerprint density at radius 1 is 0.284 bits per heavy atom. The van der Waals surface area contributed by atoms with Gasteiger partial charge in [-0.15, -0.1) is 0 Å². The molecule has 0 radical (unpaired) electrons. The van der Waals surface area contributed by atoms with Gasteiger partial charge in [0, 0.05) is 25.7 Å². The highest BCUT2D eigenvalue weighted by molar-refractivity contribution is 7.47. The van der Waals surface area contributed by atoms with Crippen LogP contribution in [0, 0.1) is 11.8 Å². The molecule has 0 spiro atoms. The Balaban J connectivity index is 5.24. The predicted octanol–water partition coefficient (Wildman–Crippen LogP) is 25.1. The second-order valence-corrected chi connectivity index (χ2v) is 33.5. The van der Waals surface area contributed by atoms with E-state index in [1.165, 1.54) is 257 Å². The van der Waals surface area contributed by atoms with E-state index in [-0.39, 0.29) is 25.7 Å². The van der Waals surface area contributed by atoms with E-state index < -0.39 is 97.5 Å². The standard InChI is InChI=1S/C83H162O17P2/c1-7-10-12-14-16-18-20-21-24-32-37-43-49-55-61-67-82(87)99-78(71-93-80(85)65-59-53-47-41-19-17-15-13-11-8-2)73-97-101(89,90)95-69-77(84)70-96-102(91,92)98-74-79(72-94-81(86)66-60-54-48-42-36-31-28-27-30-35-40-46-52-58-64-76(6)9-3)100-83(88)68-62-56-50-44-38-33-26-23-22-25-29-34-39-45-51-57-63-75(4)5/h75-79,84H,7-74H2,1-6H3,(H,89,90)(H,91,92)/t76?,77-,78+,79+/m0/s1. The first-order valence-corrected chi connectivity index (χ1v) is 46.0. The molecule has 0 bridgehead atoms. The average Bonchev–Trinajstić information content (AvgIpc) is 0.910. The fourth-order valence-electron chi connectivity index (χ4n) is 12.9. The number of unbranched alkanes of at least 4 members (excludes halogenated alkanes) is 51. The van der Waals surface area contributed by atoms with Gasteiger partial charge < -0.3 is 33.8 Å². The van der Waals surface area contributed by atoms with Crippen LogP contribution < -0.4 is 0 Å².